The molecule has 0 spiro atoms. The van der Waals surface area contributed by atoms with Crippen molar-refractivity contribution < 1.29 is 9.90 Å². The molecule has 0 saturated heterocycles. The van der Waals surface area contributed by atoms with Crippen molar-refractivity contribution in [2.75, 3.05) is 0 Å². The maximum absolute atomic E-state index is 10.2. The van der Waals surface area contributed by atoms with Crippen LogP contribution >= 0.6 is 12.6 Å². The molecule has 3 N–H and O–H groups in total. The van der Waals surface area contributed by atoms with E-state index in [4.69, 9.17) is 10.8 Å². The third kappa shape index (κ3) is 1.37. The van der Waals surface area contributed by atoms with Crippen LogP contribution in [0.15, 0.2) is 0 Å². The van der Waals surface area contributed by atoms with Gasteiger partial charge in [-0.2, -0.15) is 12.6 Å². The number of carboxylic acids is 1. The molecule has 0 aromatic carbocycles. The summed E-state index contributed by atoms with van der Waals surface area (Å²) in [5.74, 6) is -0.817. The highest BCUT2D eigenvalue weighted by Crippen LogP contribution is 2.37. The molecule has 4 heteroatoms. The first-order chi connectivity index (χ1) is 4.13. The Morgan fingerprint density at radius 1 is 1.89 bits per heavy atom. The normalized spacial score (nSPS) is 35.8. The van der Waals surface area contributed by atoms with Crippen LogP contribution in [-0.4, -0.2) is 22.4 Å². The maximum atomic E-state index is 10.2. The fourth-order valence-electron chi connectivity index (χ4n) is 0.769. The van der Waals surface area contributed by atoms with Crippen LogP contribution < -0.4 is 5.73 Å². The van der Waals surface area contributed by atoms with Gasteiger partial charge >= 0.3 is 5.97 Å². The lowest BCUT2D eigenvalue weighted by atomic mass is 10.2. The Bertz CT molecular complexity index is 139. The van der Waals surface area contributed by atoms with E-state index in [-0.39, 0.29) is 11.2 Å². The molecule has 3 nitrogen and oxygen atoms in total. The van der Waals surface area contributed by atoms with Crippen molar-refractivity contribution in [1.29, 1.82) is 0 Å². The van der Waals surface area contributed by atoms with Crippen molar-refractivity contribution in [3.8, 4) is 0 Å². The number of carbonyl (C=O) groups is 1. The summed E-state index contributed by atoms with van der Waals surface area (Å²) in [4.78, 5) is 10.2. The molecular weight excluding hydrogens is 138 g/mol. The molecule has 0 aromatic rings. The molecular formula is C5H9NO2S. The second-order valence-corrected chi connectivity index (χ2v) is 2.99. The predicted molar refractivity (Wildman–Crippen MR) is 36.5 cm³/mol. The van der Waals surface area contributed by atoms with E-state index in [2.05, 4.69) is 12.6 Å². The summed E-state index contributed by atoms with van der Waals surface area (Å²) in [6.45, 7) is 0. The number of aliphatic carboxylic acids is 1. The molecule has 1 rings (SSSR count). The summed E-state index contributed by atoms with van der Waals surface area (Å²) in [5.41, 5.74) is 5.26. The highest BCUT2D eigenvalue weighted by molar-refractivity contribution is 7.81. The van der Waals surface area contributed by atoms with Crippen LogP contribution in [0.25, 0.3) is 0 Å². The number of hydrogen-bond acceptors (Lipinski definition) is 3. The van der Waals surface area contributed by atoms with Gasteiger partial charge in [-0.1, -0.05) is 0 Å². The second-order valence-electron chi connectivity index (χ2n) is 2.33. The van der Waals surface area contributed by atoms with Gasteiger partial charge in [0.15, 0.2) is 0 Å². The summed E-state index contributed by atoms with van der Waals surface area (Å²) >= 11 is 4.06. The lowest BCUT2D eigenvalue weighted by Gasteiger charge is -2.01. The minimum Gasteiger partial charge on any atom is -0.480 e. The number of hydrogen-bond donors (Lipinski definition) is 3. The van der Waals surface area contributed by atoms with Crippen molar-refractivity contribution >= 4 is 18.6 Å². The molecule has 0 bridgehead atoms. The standard InChI is InChI=1S/C5H9NO2S/c6-4(5(7)8)2-1-3(2)9/h2-4,9H,1,6H2,(H,7,8)/t2?,3-,4-/m0/s1. The Balaban J connectivity index is 2.36. The van der Waals surface area contributed by atoms with Gasteiger partial charge in [0.25, 0.3) is 0 Å². The van der Waals surface area contributed by atoms with Crippen molar-refractivity contribution in [3.63, 3.8) is 0 Å². The van der Waals surface area contributed by atoms with Gasteiger partial charge in [-0.15, -0.1) is 0 Å². The predicted octanol–water partition coefficient (Wildman–Crippen LogP) is -0.283. The summed E-state index contributed by atoms with van der Waals surface area (Å²) in [6.07, 6.45) is 0.844. The van der Waals surface area contributed by atoms with E-state index in [0.29, 0.717) is 0 Å². The molecule has 1 saturated carbocycles. The fourth-order valence-corrected chi connectivity index (χ4v) is 1.20. The summed E-state index contributed by atoms with van der Waals surface area (Å²) in [5, 5.41) is 8.57. The van der Waals surface area contributed by atoms with Gasteiger partial charge in [-0.05, 0) is 12.3 Å². The minimum absolute atomic E-state index is 0.103. The van der Waals surface area contributed by atoms with Gasteiger partial charge in [-0.25, -0.2) is 0 Å². The minimum atomic E-state index is -0.920. The molecule has 52 valence electrons. The zero-order valence-electron chi connectivity index (χ0n) is 4.82. The summed E-state index contributed by atoms with van der Waals surface area (Å²) in [7, 11) is 0. The molecule has 9 heavy (non-hydrogen) atoms. The second kappa shape index (κ2) is 2.19. The average Bonchev–Trinajstić information content (AvgIpc) is 2.44. The van der Waals surface area contributed by atoms with E-state index in [9.17, 15) is 4.79 Å². The smallest absolute Gasteiger partial charge is 0.320 e. The van der Waals surface area contributed by atoms with Crippen molar-refractivity contribution in [3.05, 3.63) is 0 Å². The molecule has 1 aliphatic rings. The Morgan fingerprint density at radius 3 is 2.44 bits per heavy atom. The Hall–Kier alpha value is -0.220. The summed E-state index contributed by atoms with van der Waals surface area (Å²) < 4.78 is 0. The van der Waals surface area contributed by atoms with Gasteiger partial charge < -0.3 is 10.8 Å². The molecule has 0 aromatic heterocycles. The average molecular weight is 147 g/mol. The largest absolute Gasteiger partial charge is 0.480 e. The van der Waals surface area contributed by atoms with Crippen LogP contribution in [0.1, 0.15) is 6.42 Å². The first kappa shape index (κ1) is 6.89. The van der Waals surface area contributed by atoms with Crippen molar-refractivity contribution in [2.45, 2.75) is 17.7 Å². The van der Waals surface area contributed by atoms with Crippen LogP contribution in [0.4, 0.5) is 0 Å². The third-order valence-corrected chi connectivity index (χ3v) is 2.14. The third-order valence-electron chi connectivity index (χ3n) is 1.55. The van der Waals surface area contributed by atoms with E-state index in [0.717, 1.165) is 6.42 Å². The van der Waals surface area contributed by atoms with E-state index in [1.54, 1.807) is 0 Å². The topological polar surface area (TPSA) is 63.3 Å². The van der Waals surface area contributed by atoms with Gasteiger partial charge in [0.05, 0.1) is 0 Å². The lowest BCUT2D eigenvalue weighted by Crippen LogP contribution is -2.32. The number of thiol groups is 1. The van der Waals surface area contributed by atoms with Crippen LogP contribution in [-0.2, 0) is 4.79 Å². The van der Waals surface area contributed by atoms with Crippen molar-refractivity contribution in [1.82, 2.24) is 0 Å². The Labute approximate surface area is 58.6 Å². The number of carboxylic acid groups (broad SMARTS) is 1. The van der Waals surface area contributed by atoms with Crippen LogP contribution in [0.5, 0.6) is 0 Å². The van der Waals surface area contributed by atoms with Crippen LogP contribution in [0.3, 0.4) is 0 Å². The van der Waals surface area contributed by atoms with Gasteiger partial charge in [-0.3, -0.25) is 4.79 Å². The molecule has 3 atom stereocenters. The first-order valence-corrected chi connectivity index (χ1v) is 3.31. The molecule has 0 heterocycles. The lowest BCUT2D eigenvalue weighted by molar-refractivity contribution is -0.139. The van der Waals surface area contributed by atoms with E-state index >= 15 is 0 Å². The number of rotatable bonds is 2. The highest BCUT2D eigenvalue weighted by Gasteiger charge is 2.41. The van der Waals surface area contributed by atoms with Gasteiger partial charge in [0.1, 0.15) is 6.04 Å². The quantitative estimate of drug-likeness (QED) is 0.470. The zero-order chi connectivity index (χ0) is 7.02. The molecule has 1 aliphatic carbocycles. The van der Waals surface area contributed by atoms with E-state index in [1.807, 2.05) is 0 Å². The SMILES string of the molecule is N[C@H](C(=O)O)C1C[C@@H]1S. The van der Waals surface area contributed by atoms with Crippen LogP contribution in [0.2, 0.25) is 0 Å². The number of nitrogens with two attached hydrogens (primary N) is 1. The molecule has 0 amide bonds. The Morgan fingerprint density at radius 2 is 2.33 bits per heavy atom. The monoisotopic (exact) mass is 147 g/mol. The Kier molecular flexibility index (Phi) is 1.68. The fraction of sp³-hybridized carbons (Fsp3) is 0.800. The molecule has 0 aliphatic heterocycles. The van der Waals surface area contributed by atoms with Crippen molar-refractivity contribution in [2.24, 2.45) is 11.7 Å². The molecule has 1 unspecified atom stereocenters. The highest BCUT2D eigenvalue weighted by atomic mass is 32.1. The molecule has 1 fully saturated rings. The first-order valence-electron chi connectivity index (χ1n) is 2.79. The summed E-state index contributed by atoms with van der Waals surface area (Å²) in [6, 6.07) is -0.701. The zero-order valence-corrected chi connectivity index (χ0v) is 5.71. The van der Waals surface area contributed by atoms with E-state index in [1.165, 1.54) is 0 Å². The van der Waals surface area contributed by atoms with Gasteiger partial charge in [0, 0.05) is 5.25 Å². The maximum Gasteiger partial charge on any atom is 0.320 e. The van der Waals surface area contributed by atoms with Gasteiger partial charge in [0.2, 0.25) is 0 Å². The van der Waals surface area contributed by atoms with E-state index < -0.39 is 12.0 Å². The molecule has 0 radical (unpaired) electrons. The van der Waals surface area contributed by atoms with Crippen LogP contribution in [0, 0.1) is 5.92 Å².